The standard InChI is InChI=1S/C35H29NO7/c37-32(36-14-16-40-17-15-36)20-24-10-12-28-30(18-24)42-31-19-25(21-33(38)41-22-23-6-2-1-3-7-23)11-13-29(31)35(28)27-9-5-4-8-26(27)34(39)43-35/h1-13,18-19H,14-17,20-22H2. The second kappa shape index (κ2) is 11.0. The van der Waals surface area contributed by atoms with Gasteiger partial charge in [0, 0.05) is 29.8 Å². The molecule has 3 aliphatic rings. The van der Waals surface area contributed by atoms with Gasteiger partial charge in [-0.1, -0.05) is 72.8 Å². The minimum absolute atomic E-state index is 0.0168. The fourth-order valence-corrected chi connectivity index (χ4v) is 6.04. The van der Waals surface area contributed by atoms with Gasteiger partial charge in [0.1, 0.15) is 18.1 Å². The van der Waals surface area contributed by atoms with E-state index in [1.54, 1.807) is 17.0 Å². The van der Waals surface area contributed by atoms with E-state index in [1.165, 1.54) is 0 Å². The first-order chi connectivity index (χ1) is 21.0. The Bertz CT molecular complexity index is 1730. The largest absolute Gasteiger partial charge is 0.461 e. The maximum absolute atomic E-state index is 13.2. The maximum Gasteiger partial charge on any atom is 0.340 e. The van der Waals surface area contributed by atoms with Crippen molar-refractivity contribution >= 4 is 17.8 Å². The summed E-state index contributed by atoms with van der Waals surface area (Å²) in [6.07, 6.45) is 0.258. The molecule has 7 rings (SSSR count). The molecule has 0 aromatic heterocycles. The average Bonchev–Trinajstić information content (AvgIpc) is 3.33. The summed E-state index contributed by atoms with van der Waals surface area (Å²) in [5.74, 6) is 0.198. The molecule has 0 radical (unpaired) electrons. The van der Waals surface area contributed by atoms with Gasteiger partial charge < -0.3 is 23.8 Å². The molecule has 3 aliphatic heterocycles. The fraction of sp³-hybridized carbons (Fsp3) is 0.229. The summed E-state index contributed by atoms with van der Waals surface area (Å²) >= 11 is 0. The number of esters is 2. The number of nitrogens with zero attached hydrogens (tertiary/aromatic N) is 1. The van der Waals surface area contributed by atoms with Crippen LogP contribution >= 0.6 is 0 Å². The van der Waals surface area contributed by atoms with E-state index < -0.39 is 11.6 Å². The van der Waals surface area contributed by atoms with Gasteiger partial charge in [-0.25, -0.2) is 4.79 Å². The number of hydrogen-bond acceptors (Lipinski definition) is 7. The van der Waals surface area contributed by atoms with E-state index in [9.17, 15) is 14.4 Å². The smallest absolute Gasteiger partial charge is 0.340 e. The normalized spacial score (nSPS) is 18.2. The first-order valence-electron chi connectivity index (χ1n) is 14.3. The lowest BCUT2D eigenvalue weighted by atomic mass is 9.77. The number of hydrogen-bond donors (Lipinski definition) is 0. The van der Waals surface area contributed by atoms with Crippen LogP contribution in [0.4, 0.5) is 0 Å². The van der Waals surface area contributed by atoms with Gasteiger partial charge in [-0.3, -0.25) is 9.59 Å². The van der Waals surface area contributed by atoms with E-state index in [-0.39, 0.29) is 31.3 Å². The highest BCUT2D eigenvalue weighted by molar-refractivity contribution is 5.97. The lowest BCUT2D eigenvalue weighted by Gasteiger charge is -2.37. The van der Waals surface area contributed by atoms with Crippen molar-refractivity contribution < 1.29 is 33.3 Å². The van der Waals surface area contributed by atoms with Crippen LogP contribution in [0.5, 0.6) is 11.5 Å². The van der Waals surface area contributed by atoms with E-state index in [4.69, 9.17) is 18.9 Å². The maximum atomic E-state index is 13.2. The summed E-state index contributed by atoms with van der Waals surface area (Å²) in [7, 11) is 0. The molecule has 0 saturated carbocycles. The molecule has 1 amide bonds. The second-order valence-electron chi connectivity index (χ2n) is 10.9. The molecule has 1 saturated heterocycles. The molecule has 0 N–H and O–H groups in total. The molecule has 8 nitrogen and oxygen atoms in total. The number of amides is 1. The Balaban J connectivity index is 1.22. The molecule has 8 heteroatoms. The van der Waals surface area contributed by atoms with Crippen LogP contribution < -0.4 is 4.74 Å². The second-order valence-corrected chi connectivity index (χ2v) is 10.9. The quantitative estimate of drug-likeness (QED) is 0.301. The summed E-state index contributed by atoms with van der Waals surface area (Å²) in [6, 6.07) is 27.9. The first-order valence-corrected chi connectivity index (χ1v) is 14.3. The highest BCUT2D eigenvalue weighted by Gasteiger charge is 2.53. The minimum atomic E-state index is -1.23. The number of ether oxygens (including phenoxy) is 4. The van der Waals surface area contributed by atoms with Crippen LogP contribution in [-0.4, -0.2) is 49.0 Å². The molecule has 1 fully saturated rings. The predicted molar refractivity (Wildman–Crippen MR) is 156 cm³/mol. The summed E-state index contributed by atoms with van der Waals surface area (Å²) < 4.78 is 23.6. The third kappa shape index (κ3) is 4.93. The highest BCUT2D eigenvalue weighted by Crippen LogP contribution is 2.56. The van der Waals surface area contributed by atoms with Gasteiger partial charge in [-0.15, -0.1) is 0 Å². The Labute approximate surface area is 248 Å². The zero-order chi connectivity index (χ0) is 29.4. The molecule has 4 aromatic carbocycles. The van der Waals surface area contributed by atoms with Crippen molar-refractivity contribution in [1.29, 1.82) is 0 Å². The zero-order valence-corrected chi connectivity index (χ0v) is 23.4. The number of rotatable bonds is 6. The van der Waals surface area contributed by atoms with Gasteiger partial charge in [0.2, 0.25) is 5.91 Å². The lowest BCUT2D eigenvalue weighted by Crippen LogP contribution is -2.41. The molecule has 1 spiro atoms. The van der Waals surface area contributed by atoms with Crippen molar-refractivity contribution in [1.82, 2.24) is 4.90 Å². The highest BCUT2D eigenvalue weighted by atomic mass is 16.6. The van der Waals surface area contributed by atoms with Crippen LogP contribution in [0.3, 0.4) is 0 Å². The summed E-state index contributed by atoms with van der Waals surface area (Å²) in [4.78, 5) is 40.7. The summed E-state index contributed by atoms with van der Waals surface area (Å²) in [5.41, 5.74) is 3.72. The Hall–Kier alpha value is -4.95. The third-order valence-electron chi connectivity index (χ3n) is 8.15. The van der Waals surface area contributed by atoms with Crippen molar-refractivity contribution in [3.05, 3.63) is 130 Å². The van der Waals surface area contributed by atoms with Crippen molar-refractivity contribution in [2.45, 2.75) is 25.0 Å². The molecule has 0 aliphatic carbocycles. The molecule has 3 heterocycles. The number of benzene rings is 4. The number of fused-ring (bicyclic) bond motifs is 6. The number of carbonyl (C=O) groups excluding carboxylic acids is 3. The third-order valence-corrected chi connectivity index (χ3v) is 8.15. The Morgan fingerprint density at radius 2 is 1.40 bits per heavy atom. The van der Waals surface area contributed by atoms with Gasteiger partial charge in [0.25, 0.3) is 0 Å². The topological polar surface area (TPSA) is 91.4 Å². The Morgan fingerprint density at radius 1 is 0.744 bits per heavy atom. The number of carbonyl (C=O) groups is 3. The Morgan fingerprint density at radius 3 is 2.12 bits per heavy atom. The molecule has 43 heavy (non-hydrogen) atoms. The monoisotopic (exact) mass is 575 g/mol. The lowest BCUT2D eigenvalue weighted by molar-refractivity contribution is -0.144. The first kappa shape index (κ1) is 26.9. The molecule has 216 valence electrons. The molecule has 1 atom stereocenters. The molecular weight excluding hydrogens is 546 g/mol. The van der Waals surface area contributed by atoms with Crippen LogP contribution in [0.15, 0.2) is 91.0 Å². The van der Waals surface area contributed by atoms with Crippen LogP contribution in [0.25, 0.3) is 0 Å². The molecule has 1 unspecified atom stereocenters. The van der Waals surface area contributed by atoms with Gasteiger partial charge in [0.15, 0.2) is 5.60 Å². The van der Waals surface area contributed by atoms with Crippen LogP contribution in [0.1, 0.15) is 43.7 Å². The molecule has 4 aromatic rings. The van der Waals surface area contributed by atoms with Gasteiger partial charge in [-0.05, 0) is 34.9 Å². The Kier molecular flexibility index (Phi) is 6.91. The average molecular weight is 576 g/mol. The van der Waals surface area contributed by atoms with Crippen molar-refractivity contribution in [2.75, 3.05) is 26.3 Å². The van der Waals surface area contributed by atoms with Gasteiger partial charge >= 0.3 is 11.9 Å². The van der Waals surface area contributed by atoms with Crippen molar-refractivity contribution in [3.63, 3.8) is 0 Å². The SMILES string of the molecule is O=C(Cc1ccc2c(c1)Oc1cc(CC(=O)N3CCOCC3)ccc1C21OC(=O)c2ccccc21)OCc1ccccc1. The molecule has 0 bridgehead atoms. The van der Waals surface area contributed by atoms with Gasteiger partial charge in [-0.2, -0.15) is 0 Å². The minimum Gasteiger partial charge on any atom is -0.461 e. The van der Waals surface area contributed by atoms with Crippen molar-refractivity contribution in [3.8, 4) is 11.5 Å². The predicted octanol–water partition coefficient (Wildman–Crippen LogP) is 4.94. The van der Waals surface area contributed by atoms with Crippen LogP contribution in [0, 0.1) is 0 Å². The molecular formula is C35H29NO7. The summed E-state index contributed by atoms with van der Waals surface area (Å²) in [5, 5.41) is 0. The van der Waals surface area contributed by atoms with Crippen molar-refractivity contribution in [2.24, 2.45) is 0 Å². The van der Waals surface area contributed by atoms with E-state index in [1.807, 2.05) is 78.9 Å². The van der Waals surface area contributed by atoms with E-state index in [0.29, 0.717) is 60.1 Å². The van der Waals surface area contributed by atoms with Gasteiger partial charge in [0.05, 0.1) is 31.6 Å². The van der Waals surface area contributed by atoms with E-state index in [0.717, 1.165) is 16.7 Å². The summed E-state index contributed by atoms with van der Waals surface area (Å²) in [6.45, 7) is 2.40. The van der Waals surface area contributed by atoms with E-state index >= 15 is 0 Å². The van der Waals surface area contributed by atoms with Crippen LogP contribution in [0.2, 0.25) is 0 Å². The van der Waals surface area contributed by atoms with E-state index in [2.05, 4.69) is 0 Å². The number of morpholine rings is 1. The zero-order valence-electron chi connectivity index (χ0n) is 23.4. The fourth-order valence-electron chi connectivity index (χ4n) is 6.04. The van der Waals surface area contributed by atoms with Crippen LogP contribution in [-0.2, 0) is 48.8 Å².